The van der Waals surface area contributed by atoms with Crippen LogP contribution in [0.3, 0.4) is 0 Å². The lowest BCUT2D eigenvalue weighted by molar-refractivity contribution is 0.569. The van der Waals surface area contributed by atoms with Crippen molar-refractivity contribution in [2.45, 2.75) is 71.6 Å². The van der Waals surface area contributed by atoms with Crippen LogP contribution in [0.5, 0.6) is 0 Å². The molecule has 0 aliphatic carbocycles. The van der Waals surface area contributed by atoms with Gasteiger partial charge in [-0.25, -0.2) is 0 Å². The number of anilines is 3. The Labute approximate surface area is 415 Å². The highest BCUT2D eigenvalue weighted by Gasteiger charge is 2.32. The Morgan fingerprint density at radius 1 is 0.300 bits per heavy atom. The van der Waals surface area contributed by atoms with Crippen LogP contribution in [0.15, 0.2) is 224 Å². The van der Waals surface area contributed by atoms with E-state index in [4.69, 9.17) is 0 Å². The standard InChI is InChI=1S/C69H61N/c1-67(2,3)52-41-49(42-53(43-52)68(4,5)6)56-33-21-27-48-28-22-34-61(66(48)56)59-31-17-19-35-63(59)70-64-36-20-18-32-60(64)62-44-50(38-40-58(62)57-30-16-15-29-54(57)46-23-11-9-12-24-46)69(7,8)51-37-39-55(65(70)45-51)47-25-13-10-14-26-47/h9-45H,1-8H3. The minimum absolute atomic E-state index is 0.0188. The summed E-state index contributed by atoms with van der Waals surface area (Å²) in [4.78, 5) is 2.58. The molecule has 1 aliphatic rings. The monoisotopic (exact) mass is 903 g/mol. The van der Waals surface area contributed by atoms with Crippen molar-refractivity contribution in [1.29, 1.82) is 0 Å². The van der Waals surface area contributed by atoms with Crippen LogP contribution in [0, 0.1) is 0 Å². The van der Waals surface area contributed by atoms with Gasteiger partial charge in [0.1, 0.15) is 0 Å². The van der Waals surface area contributed by atoms with Crippen LogP contribution in [0.4, 0.5) is 17.1 Å². The third-order valence-corrected chi connectivity index (χ3v) is 14.8. The van der Waals surface area contributed by atoms with Crippen molar-refractivity contribution in [1.82, 2.24) is 0 Å². The fraction of sp³-hybridized carbons (Fsp3) is 0.159. The topological polar surface area (TPSA) is 3.24 Å². The minimum Gasteiger partial charge on any atom is -0.309 e. The van der Waals surface area contributed by atoms with Crippen molar-refractivity contribution >= 4 is 27.8 Å². The van der Waals surface area contributed by atoms with Crippen LogP contribution < -0.4 is 4.90 Å². The number of hydrogen-bond acceptors (Lipinski definition) is 1. The van der Waals surface area contributed by atoms with Crippen molar-refractivity contribution < 1.29 is 0 Å². The first-order chi connectivity index (χ1) is 33.8. The molecule has 0 saturated carbocycles. The maximum Gasteiger partial charge on any atom is 0.0543 e. The van der Waals surface area contributed by atoms with Gasteiger partial charge in [0, 0.05) is 22.1 Å². The summed E-state index contributed by atoms with van der Waals surface area (Å²) >= 11 is 0. The molecule has 0 unspecified atom stereocenters. The summed E-state index contributed by atoms with van der Waals surface area (Å²) in [6.07, 6.45) is 0. The van der Waals surface area contributed by atoms with E-state index in [-0.39, 0.29) is 16.2 Å². The van der Waals surface area contributed by atoms with Crippen molar-refractivity contribution in [2.75, 3.05) is 4.90 Å². The second-order valence-electron chi connectivity index (χ2n) is 21.8. The number of fused-ring (bicyclic) bond motifs is 7. The zero-order chi connectivity index (χ0) is 48.4. The molecule has 342 valence electrons. The van der Waals surface area contributed by atoms with Crippen LogP contribution in [0.25, 0.3) is 77.5 Å². The molecular formula is C69H61N. The Bertz CT molecular complexity index is 3540. The van der Waals surface area contributed by atoms with Gasteiger partial charge in [-0.15, -0.1) is 0 Å². The summed E-state index contributed by atoms with van der Waals surface area (Å²) in [6.45, 7) is 18.7. The van der Waals surface area contributed by atoms with E-state index in [1.54, 1.807) is 0 Å². The first-order valence-electron chi connectivity index (χ1n) is 24.9. The van der Waals surface area contributed by atoms with E-state index in [2.05, 4.69) is 285 Å². The number of hydrogen-bond donors (Lipinski definition) is 0. The highest BCUT2D eigenvalue weighted by Crippen LogP contribution is 2.53. The smallest absolute Gasteiger partial charge is 0.0543 e. The van der Waals surface area contributed by atoms with Crippen LogP contribution in [-0.4, -0.2) is 0 Å². The Hall–Kier alpha value is -7.74. The molecule has 10 aromatic carbocycles. The van der Waals surface area contributed by atoms with E-state index in [0.717, 1.165) is 17.1 Å². The predicted octanol–water partition coefficient (Wildman–Crippen LogP) is 19.5. The summed E-state index contributed by atoms with van der Waals surface area (Å²) in [5.74, 6) is 0. The lowest BCUT2D eigenvalue weighted by atomic mass is 9.75. The molecule has 0 fully saturated rings. The van der Waals surface area contributed by atoms with Gasteiger partial charge in [-0.1, -0.05) is 256 Å². The van der Waals surface area contributed by atoms with E-state index >= 15 is 0 Å². The summed E-state index contributed by atoms with van der Waals surface area (Å²) in [6, 6.07) is 84.3. The van der Waals surface area contributed by atoms with Gasteiger partial charge in [0.05, 0.1) is 17.1 Å². The number of nitrogens with zero attached hydrogens (tertiary/aromatic N) is 1. The number of rotatable bonds is 6. The Morgan fingerprint density at radius 2 is 0.743 bits per heavy atom. The fourth-order valence-electron chi connectivity index (χ4n) is 10.7. The number of benzene rings is 10. The first kappa shape index (κ1) is 44.7. The lowest BCUT2D eigenvalue weighted by Crippen LogP contribution is -2.22. The van der Waals surface area contributed by atoms with Gasteiger partial charge in [0.25, 0.3) is 0 Å². The second kappa shape index (κ2) is 17.3. The predicted molar refractivity (Wildman–Crippen MR) is 301 cm³/mol. The van der Waals surface area contributed by atoms with Crippen molar-refractivity contribution in [3.8, 4) is 66.8 Å². The van der Waals surface area contributed by atoms with E-state index in [9.17, 15) is 0 Å². The molecule has 0 N–H and O–H groups in total. The number of para-hydroxylation sites is 2. The van der Waals surface area contributed by atoms with Gasteiger partial charge in [-0.3, -0.25) is 0 Å². The van der Waals surface area contributed by atoms with Gasteiger partial charge in [0.15, 0.2) is 0 Å². The maximum absolute atomic E-state index is 2.58. The molecule has 0 spiro atoms. The van der Waals surface area contributed by atoms with Crippen molar-refractivity contribution in [2.24, 2.45) is 0 Å². The molecule has 0 radical (unpaired) electrons. The molecule has 0 atom stereocenters. The van der Waals surface area contributed by atoms with Crippen molar-refractivity contribution in [3.05, 3.63) is 247 Å². The molecule has 1 nitrogen and oxygen atoms in total. The van der Waals surface area contributed by atoms with E-state index < -0.39 is 0 Å². The fourth-order valence-corrected chi connectivity index (χ4v) is 10.7. The molecule has 0 amide bonds. The molecule has 1 heteroatoms. The van der Waals surface area contributed by atoms with E-state index in [1.807, 2.05) is 0 Å². The second-order valence-corrected chi connectivity index (χ2v) is 21.8. The highest BCUT2D eigenvalue weighted by atomic mass is 15.2. The summed E-state index contributed by atoms with van der Waals surface area (Å²) in [7, 11) is 0. The van der Waals surface area contributed by atoms with Crippen LogP contribution in [0.1, 0.15) is 77.6 Å². The Morgan fingerprint density at radius 3 is 1.33 bits per heavy atom. The third kappa shape index (κ3) is 7.94. The minimum atomic E-state index is -0.328. The maximum atomic E-state index is 2.58. The Kier molecular flexibility index (Phi) is 11.1. The molecule has 4 bridgehead atoms. The SMILES string of the molecule is CC(C)(C)c1cc(-c2cccc3cccc(-c4ccccc4N4c5cc(ccc5-c5ccccc5)C(C)(C)c5ccc(-c6ccccc6-c6ccccc6)c(c5)-c5ccccc54)c23)cc(C(C)(C)C)c1. The Balaban J connectivity index is 1.23. The summed E-state index contributed by atoms with van der Waals surface area (Å²) in [5.41, 5.74) is 22.7. The molecule has 1 aliphatic heterocycles. The van der Waals surface area contributed by atoms with Crippen LogP contribution in [0.2, 0.25) is 0 Å². The van der Waals surface area contributed by atoms with Gasteiger partial charge < -0.3 is 4.90 Å². The molecule has 0 saturated heterocycles. The lowest BCUT2D eigenvalue weighted by Gasteiger charge is -2.36. The molecule has 10 aromatic rings. The summed E-state index contributed by atoms with van der Waals surface area (Å²) in [5, 5.41) is 2.47. The molecule has 11 rings (SSSR count). The molecular weight excluding hydrogens is 843 g/mol. The summed E-state index contributed by atoms with van der Waals surface area (Å²) < 4.78 is 0. The molecule has 1 heterocycles. The largest absolute Gasteiger partial charge is 0.309 e. The van der Waals surface area contributed by atoms with Gasteiger partial charge in [-0.2, -0.15) is 0 Å². The van der Waals surface area contributed by atoms with Crippen molar-refractivity contribution in [3.63, 3.8) is 0 Å². The van der Waals surface area contributed by atoms with E-state index in [0.29, 0.717) is 0 Å². The third-order valence-electron chi connectivity index (χ3n) is 14.8. The van der Waals surface area contributed by atoms with Gasteiger partial charge in [-0.05, 0) is 118 Å². The normalized spacial score (nSPS) is 13.2. The van der Waals surface area contributed by atoms with Gasteiger partial charge in [0.2, 0.25) is 0 Å². The van der Waals surface area contributed by atoms with Crippen LogP contribution >= 0.6 is 0 Å². The van der Waals surface area contributed by atoms with E-state index in [1.165, 1.54) is 99.8 Å². The quantitative estimate of drug-likeness (QED) is 0.161. The average molecular weight is 904 g/mol. The first-order valence-corrected chi connectivity index (χ1v) is 24.9. The van der Waals surface area contributed by atoms with Gasteiger partial charge >= 0.3 is 0 Å². The average Bonchev–Trinajstić information content (AvgIpc) is 3.38. The van der Waals surface area contributed by atoms with Crippen LogP contribution in [-0.2, 0) is 16.2 Å². The molecule has 70 heavy (non-hydrogen) atoms. The zero-order valence-electron chi connectivity index (χ0n) is 41.8. The highest BCUT2D eigenvalue weighted by molar-refractivity contribution is 6.10. The molecule has 0 aromatic heterocycles. The zero-order valence-corrected chi connectivity index (χ0v) is 41.8.